The van der Waals surface area contributed by atoms with Gasteiger partial charge in [0.2, 0.25) is 10.0 Å². The SMILES string of the molecule is CN(C)Cc1ccc(NCCCCCCN2C[C@H](O)[C@@H](O)[C@H](O)[C@H]2CO)c(S(N)(=O)=O)c1. The van der Waals surface area contributed by atoms with Gasteiger partial charge in [-0.25, -0.2) is 13.6 Å². The molecule has 184 valence electrons. The summed E-state index contributed by atoms with van der Waals surface area (Å²) in [5.41, 5.74) is 1.36. The van der Waals surface area contributed by atoms with E-state index in [2.05, 4.69) is 5.32 Å². The maximum absolute atomic E-state index is 12.0. The van der Waals surface area contributed by atoms with E-state index in [1.807, 2.05) is 30.0 Å². The summed E-state index contributed by atoms with van der Waals surface area (Å²) in [4.78, 5) is 3.86. The molecule has 0 aliphatic carbocycles. The monoisotopic (exact) mass is 474 g/mol. The van der Waals surface area contributed by atoms with Crippen molar-refractivity contribution in [1.82, 2.24) is 9.80 Å². The topological polar surface area (TPSA) is 160 Å². The fourth-order valence-corrected chi connectivity index (χ4v) is 4.83. The van der Waals surface area contributed by atoms with Gasteiger partial charge < -0.3 is 30.6 Å². The van der Waals surface area contributed by atoms with Crippen LogP contribution in [0.2, 0.25) is 0 Å². The number of aliphatic hydroxyl groups excluding tert-OH is 4. The Bertz CT molecular complexity index is 823. The minimum Gasteiger partial charge on any atom is -0.395 e. The first-order valence-electron chi connectivity index (χ1n) is 11.0. The number of anilines is 1. The molecule has 1 aromatic rings. The molecule has 2 rings (SSSR count). The molecule has 1 saturated heterocycles. The van der Waals surface area contributed by atoms with E-state index >= 15 is 0 Å². The van der Waals surface area contributed by atoms with Crippen molar-refractivity contribution in [3.8, 4) is 0 Å². The molecular formula is C21H38N4O6S. The number of nitrogens with one attached hydrogen (secondary N) is 1. The van der Waals surface area contributed by atoms with Crippen LogP contribution in [0.3, 0.4) is 0 Å². The van der Waals surface area contributed by atoms with Crippen LogP contribution in [-0.4, -0.2) is 103 Å². The number of hydrogen-bond donors (Lipinski definition) is 6. The maximum atomic E-state index is 12.0. The van der Waals surface area contributed by atoms with E-state index in [0.29, 0.717) is 25.3 Å². The van der Waals surface area contributed by atoms with Crippen molar-refractivity contribution in [2.75, 3.05) is 45.7 Å². The number of hydrogen-bond acceptors (Lipinski definition) is 9. The van der Waals surface area contributed by atoms with Crippen molar-refractivity contribution in [3.05, 3.63) is 23.8 Å². The zero-order valence-electron chi connectivity index (χ0n) is 18.9. The second-order valence-corrected chi connectivity index (χ2v) is 10.3. The Balaban J connectivity index is 1.77. The lowest BCUT2D eigenvalue weighted by atomic mass is 9.94. The molecule has 0 bridgehead atoms. The lowest BCUT2D eigenvalue weighted by Gasteiger charge is -2.43. The van der Waals surface area contributed by atoms with Gasteiger partial charge in [0.05, 0.1) is 24.4 Å². The Kier molecular flexibility index (Phi) is 10.3. The first-order chi connectivity index (χ1) is 15.0. The Hall–Kier alpha value is -1.31. The van der Waals surface area contributed by atoms with Gasteiger partial charge in [-0.3, -0.25) is 4.90 Å². The minimum atomic E-state index is -3.84. The molecule has 1 fully saturated rings. The number of nitrogens with zero attached hydrogens (tertiary/aromatic N) is 2. The van der Waals surface area contributed by atoms with Crippen LogP contribution in [0.15, 0.2) is 23.1 Å². The summed E-state index contributed by atoms with van der Waals surface area (Å²) < 4.78 is 24.0. The van der Waals surface area contributed by atoms with Crippen molar-refractivity contribution in [2.24, 2.45) is 5.14 Å². The summed E-state index contributed by atoms with van der Waals surface area (Å²) in [6.07, 6.45) is -0.00534. The number of benzene rings is 1. The smallest absolute Gasteiger partial charge is 0.240 e. The Morgan fingerprint density at radius 1 is 1.12 bits per heavy atom. The third-order valence-corrected chi connectivity index (χ3v) is 6.71. The highest BCUT2D eigenvalue weighted by Gasteiger charge is 2.40. The predicted molar refractivity (Wildman–Crippen MR) is 123 cm³/mol. The van der Waals surface area contributed by atoms with Crippen molar-refractivity contribution < 1.29 is 28.8 Å². The molecule has 7 N–H and O–H groups in total. The minimum absolute atomic E-state index is 0.0938. The molecule has 32 heavy (non-hydrogen) atoms. The normalized spacial score (nSPS) is 24.8. The van der Waals surface area contributed by atoms with Crippen molar-refractivity contribution in [3.63, 3.8) is 0 Å². The lowest BCUT2D eigenvalue weighted by molar-refractivity contribution is -0.145. The second-order valence-electron chi connectivity index (χ2n) is 8.75. The molecule has 0 aromatic heterocycles. The molecule has 4 atom stereocenters. The molecule has 0 unspecified atom stereocenters. The number of piperidine rings is 1. The van der Waals surface area contributed by atoms with Gasteiger partial charge in [0.25, 0.3) is 0 Å². The van der Waals surface area contributed by atoms with Gasteiger partial charge in [-0.2, -0.15) is 0 Å². The summed E-state index contributed by atoms with van der Waals surface area (Å²) in [5.74, 6) is 0. The largest absolute Gasteiger partial charge is 0.395 e. The molecule has 0 spiro atoms. The van der Waals surface area contributed by atoms with Gasteiger partial charge in [0.1, 0.15) is 17.1 Å². The van der Waals surface area contributed by atoms with E-state index in [0.717, 1.165) is 31.2 Å². The number of primary sulfonamides is 1. The third kappa shape index (κ3) is 7.63. The fraction of sp³-hybridized carbons (Fsp3) is 0.714. The number of unbranched alkanes of at least 4 members (excludes halogenated alkanes) is 3. The number of rotatable bonds is 12. The zero-order valence-corrected chi connectivity index (χ0v) is 19.7. The highest BCUT2D eigenvalue weighted by Crippen LogP contribution is 2.23. The molecular weight excluding hydrogens is 436 g/mol. The Morgan fingerprint density at radius 3 is 2.44 bits per heavy atom. The van der Waals surface area contributed by atoms with Crippen LogP contribution in [0.1, 0.15) is 31.2 Å². The zero-order chi connectivity index (χ0) is 23.9. The summed E-state index contributed by atoms with van der Waals surface area (Å²) in [6, 6.07) is 4.65. The standard InChI is InChI=1S/C21H38N4O6S/c1-24(2)12-15-7-8-16(19(11-15)32(22,30)31)23-9-5-3-4-6-10-25-13-18(27)21(29)20(28)17(25)14-26/h7-8,11,17-18,20-21,23,26-29H,3-6,9-10,12-14H2,1-2H3,(H2,22,30,31)/t17-,18+,20-,21-/m1/s1. The third-order valence-electron chi connectivity index (χ3n) is 5.75. The van der Waals surface area contributed by atoms with Crippen LogP contribution < -0.4 is 10.5 Å². The van der Waals surface area contributed by atoms with E-state index in [9.17, 15) is 28.8 Å². The summed E-state index contributed by atoms with van der Waals surface area (Å²) in [6.45, 7) is 1.74. The average molecular weight is 475 g/mol. The van der Waals surface area contributed by atoms with Crippen molar-refractivity contribution in [1.29, 1.82) is 0 Å². The van der Waals surface area contributed by atoms with E-state index in [1.165, 1.54) is 0 Å². The van der Waals surface area contributed by atoms with Gasteiger partial charge in [-0.05, 0) is 51.2 Å². The summed E-state index contributed by atoms with van der Waals surface area (Å²) in [7, 11) is -0.0252. The van der Waals surface area contributed by atoms with Crippen molar-refractivity contribution in [2.45, 2.75) is 61.5 Å². The van der Waals surface area contributed by atoms with Crippen LogP contribution in [0, 0.1) is 0 Å². The predicted octanol–water partition coefficient (Wildman–Crippen LogP) is -0.873. The van der Waals surface area contributed by atoms with Crippen molar-refractivity contribution >= 4 is 15.7 Å². The molecule has 0 saturated carbocycles. The van der Waals surface area contributed by atoms with E-state index in [4.69, 9.17) is 5.14 Å². The Morgan fingerprint density at radius 2 is 1.81 bits per heavy atom. The van der Waals surface area contributed by atoms with Gasteiger partial charge in [-0.1, -0.05) is 18.9 Å². The molecule has 1 aliphatic rings. The lowest BCUT2D eigenvalue weighted by Crippen LogP contribution is -2.62. The van der Waals surface area contributed by atoms with Gasteiger partial charge in [0.15, 0.2) is 0 Å². The van der Waals surface area contributed by atoms with E-state index < -0.39 is 34.4 Å². The highest BCUT2D eigenvalue weighted by molar-refractivity contribution is 7.89. The number of aliphatic hydroxyl groups is 4. The molecule has 10 nitrogen and oxygen atoms in total. The van der Waals surface area contributed by atoms with E-state index in [-0.39, 0.29) is 18.0 Å². The van der Waals surface area contributed by atoms with Gasteiger partial charge in [-0.15, -0.1) is 0 Å². The molecule has 11 heteroatoms. The number of β-amino-alcohol motifs (C(OH)–C–C–N with tert-alkyl or cyclic N) is 1. The van der Waals surface area contributed by atoms with Gasteiger partial charge >= 0.3 is 0 Å². The molecule has 0 amide bonds. The number of likely N-dealkylation sites (tertiary alicyclic amines) is 1. The second kappa shape index (κ2) is 12.2. The maximum Gasteiger partial charge on any atom is 0.240 e. The average Bonchev–Trinajstić information content (AvgIpc) is 2.71. The van der Waals surface area contributed by atoms with Crippen LogP contribution >= 0.6 is 0 Å². The molecule has 1 aliphatic heterocycles. The van der Waals surface area contributed by atoms with Crippen LogP contribution in [0.5, 0.6) is 0 Å². The van der Waals surface area contributed by atoms with Crippen LogP contribution in [-0.2, 0) is 16.6 Å². The number of nitrogens with two attached hydrogens (primary N) is 1. The van der Waals surface area contributed by atoms with Gasteiger partial charge in [0, 0.05) is 19.6 Å². The molecule has 1 heterocycles. The van der Waals surface area contributed by atoms with Crippen LogP contribution in [0.25, 0.3) is 0 Å². The first kappa shape index (κ1) is 26.9. The Labute approximate surface area is 190 Å². The fourth-order valence-electron chi connectivity index (χ4n) is 4.06. The summed E-state index contributed by atoms with van der Waals surface area (Å²) in [5, 5.41) is 47.7. The molecule has 1 aromatic carbocycles. The van der Waals surface area contributed by atoms with Crippen LogP contribution in [0.4, 0.5) is 5.69 Å². The summed E-state index contributed by atoms with van der Waals surface area (Å²) >= 11 is 0. The van der Waals surface area contributed by atoms with E-state index in [1.54, 1.807) is 12.1 Å². The molecule has 0 radical (unpaired) electrons. The first-order valence-corrected chi connectivity index (χ1v) is 12.5. The highest BCUT2D eigenvalue weighted by atomic mass is 32.2. The number of sulfonamides is 1. The quantitative estimate of drug-likeness (QED) is 0.212.